The molecule has 160 valence electrons. The summed E-state index contributed by atoms with van der Waals surface area (Å²) in [6.07, 6.45) is 9.93. The van der Waals surface area contributed by atoms with Gasteiger partial charge in [-0.3, -0.25) is 24.9 Å². The van der Waals surface area contributed by atoms with Gasteiger partial charge >= 0.3 is 0 Å². The molecule has 8 nitrogen and oxygen atoms in total. The zero-order chi connectivity index (χ0) is 18.2. The SMILES string of the molecule is Cl.Cl.Cl.O=C(/C=C/c1cnc(NC2CCCN(Cc3ccccn3)C2)cn1)NO. The molecule has 3 heterocycles. The van der Waals surface area contributed by atoms with Crippen LogP contribution in [0.2, 0.25) is 0 Å². The minimum atomic E-state index is -0.607. The molecule has 1 atom stereocenters. The van der Waals surface area contributed by atoms with Gasteiger partial charge in [0.05, 0.1) is 23.8 Å². The molecule has 0 bridgehead atoms. The van der Waals surface area contributed by atoms with Crippen molar-refractivity contribution < 1.29 is 10.0 Å². The fourth-order valence-corrected chi connectivity index (χ4v) is 2.94. The molecule has 1 fully saturated rings. The van der Waals surface area contributed by atoms with Crippen LogP contribution in [0.5, 0.6) is 0 Å². The number of likely N-dealkylation sites (tertiary alicyclic amines) is 1. The largest absolute Gasteiger partial charge is 0.365 e. The third-order valence-electron chi connectivity index (χ3n) is 4.16. The molecular weight excluding hydrogens is 439 g/mol. The molecular formula is C18H25Cl3N6O2. The van der Waals surface area contributed by atoms with Crippen LogP contribution in [0.25, 0.3) is 6.08 Å². The van der Waals surface area contributed by atoms with E-state index in [0.29, 0.717) is 17.6 Å². The zero-order valence-electron chi connectivity index (χ0n) is 15.6. The van der Waals surface area contributed by atoms with Crippen molar-refractivity contribution in [3.63, 3.8) is 0 Å². The summed E-state index contributed by atoms with van der Waals surface area (Å²) in [6.45, 7) is 2.84. The molecule has 0 aliphatic carbocycles. The van der Waals surface area contributed by atoms with Crippen LogP contribution in [-0.2, 0) is 11.3 Å². The van der Waals surface area contributed by atoms with E-state index in [-0.39, 0.29) is 37.2 Å². The molecule has 2 aromatic heterocycles. The monoisotopic (exact) mass is 462 g/mol. The Morgan fingerprint density at radius 2 is 2.03 bits per heavy atom. The van der Waals surface area contributed by atoms with Crippen LogP contribution >= 0.6 is 37.2 Å². The first-order valence-electron chi connectivity index (χ1n) is 8.56. The van der Waals surface area contributed by atoms with Crippen molar-refractivity contribution >= 4 is 55.0 Å². The standard InChI is InChI=1S/C18H22N6O2.3ClH/c25-18(23-26)7-6-14-10-21-17(11-20-14)22-16-5-3-9-24(13-16)12-15-4-1-2-8-19-15;;;/h1-2,4,6-8,10-11,16,26H,3,5,9,12-13H2,(H,21,22)(H,23,25);3*1H/b7-6+;;;. The lowest BCUT2D eigenvalue weighted by Crippen LogP contribution is -2.41. The number of hydrogen-bond acceptors (Lipinski definition) is 7. The Morgan fingerprint density at radius 3 is 2.69 bits per heavy atom. The number of piperidine rings is 1. The third kappa shape index (κ3) is 8.93. The van der Waals surface area contributed by atoms with Gasteiger partial charge in [-0.15, -0.1) is 37.2 Å². The van der Waals surface area contributed by atoms with E-state index in [9.17, 15) is 4.79 Å². The van der Waals surface area contributed by atoms with Gasteiger partial charge in [-0.2, -0.15) is 0 Å². The molecule has 3 N–H and O–H groups in total. The first-order valence-corrected chi connectivity index (χ1v) is 8.56. The van der Waals surface area contributed by atoms with Crippen molar-refractivity contribution in [1.29, 1.82) is 0 Å². The molecule has 1 unspecified atom stereocenters. The van der Waals surface area contributed by atoms with Crippen LogP contribution in [0, 0.1) is 0 Å². The van der Waals surface area contributed by atoms with E-state index >= 15 is 0 Å². The van der Waals surface area contributed by atoms with Crippen molar-refractivity contribution in [3.05, 3.63) is 54.3 Å². The molecule has 11 heteroatoms. The molecule has 0 spiro atoms. The fraction of sp³-hybridized carbons (Fsp3) is 0.333. The Hall–Kier alpha value is -1.97. The lowest BCUT2D eigenvalue weighted by atomic mass is 10.1. The summed E-state index contributed by atoms with van der Waals surface area (Å²) in [5.74, 6) is 0.0997. The number of amides is 1. The van der Waals surface area contributed by atoms with Crippen LogP contribution in [0.4, 0.5) is 5.82 Å². The fourth-order valence-electron chi connectivity index (χ4n) is 2.94. The number of carbonyl (C=O) groups is 1. The van der Waals surface area contributed by atoms with Gasteiger partial charge in [-0.25, -0.2) is 10.5 Å². The molecule has 2 aromatic rings. The first kappa shape index (κ1) is 27.0. The van der Waals surface area contributed by atoms with E-state index in [0.717, 1.165) is 38.2 Å². The van der Waals surface area contributed by atoms with Gasteiger partial charge in [0.25, 0.3) is 5.91 Å². The molecule has 1 aliphatic heterocycles. The number of anilines is 1. The van der Waals surface area contributed by atoms with Gasteiger partial charge in [0.2, 0.25) is 0 Å². The Morgan fingerprint density at radius 1 is 1.21 bits per heavy atom. The minimum absolute atomic E-state index is 0. The summed E-state index contributed by atoms with van der Waals surface area (Å²) in [5, 5.41) is 11.9. The topological polar surface area (TPSA) is 103 Å². The molecule has 1 aliphatic rings. The summed E-state index contributed by atoms with van der Waals surface area (Å²) in [5.41, 5.74) is 3.15. The average Bonchev–Trinajstić information content (AvgIpc) is 2.68. The second-order valence-electron chi connectivity index (χ2n) is 6.18. The van der Waals surface area contributed by atoms with E-state index in [4.69, 9.17) is 5.21 Å². The number of rotatable bonds is 6. The molecule has 1 amide bonds. The number of halogens is 3. The molecule has 29 heavy (non-hydrogen) atoms. The molecule has 3 rings (SSSR count). The van der Waals surface area contributed by atoms with Gasteiger partial charge in [0, 0.05) is 31.4 Å². The highest BCUT2D eigenvalue weighted by molar-refractivity contribution is 5.90. The number of carbonyl (C=O) groups excluding carboxylic acids is 1. The normalized spacial score (nSPS) is 16.1. The lowest BCUT2D eigenvalue weighted by molar-refractivity contribution is -0.124. The van der Waals surface area contributed by atoms with Crippen molar-refractivity contribution in [2.45, 2.75) is 25.4 Å². The number of hydrogen-bond donors (Lipinski definition) is 3. The van der Waals surface area contributed by atoms with Crippen molar-refractivity contribution in [2.24, 2.45) is 0 Å². The van der Waals surface area contributed by atoms with Crippen LogP contribution in [-0.4, -0.2) is 50.1 Å². The van der Waals surface area contributed by atoms with Crippen LogP contribution in [0.1, 0.15) is 24.2 Å². The zero-order valence-corrected chi connectivity index (χ0v) is 18.1. The predicted molar refractivity (Wildman–Crippen MR) is 119 cm³/mol. The van der Waals surface area contributed by atoms with E-state index in [2.05, 4.69) is 25.2 Å². The van der Waals surface area contributed by atoms with E-state index in [1.165, 1.54) is 17.6 Å². The first-order chi connectivity index (χ1) is 12.7. The molecule has 0 saturated carbocycles. The second-order valence-corrected chi connectivity index (χ2v) is 6.18. The Labute approximate surface area is 188 Å². The van der Waals surface area contributed by atoms with Crippen LogP contribution in [0.15, 0.2) is 42.9 Å². The summed E-state index contributed by atoms with van der Waals surface area (Å²) in [7, 11) is 0. The molecule has 0 aromatic carbocycles. The average molecular weight is 464 g/mol. The maximum atomic E-state index is 11.0. The second kappa shape index (κ2) is 14.1. The number of pyridine rings is 1. The van der Waals surface area contributed by atoms with E-state index < -0.39 is 5.91 Å². The van der Waals surface area contributed by atoms with Crippen molar-refractivity contribution in [2.75, 3.05) is 18.4 Å². The van der Waals surface area contributed by atoms with Gasteiger partial charge < -0.3 is 5.32 Å². The summed E-state index contributed by atoms with van der Waals surface area (Å²) >= 11 is 0. The highest BCUT2D eigenvalue weighted by Gasteiger charge is 2.20. The quantitative estimate of drug-likeness (QED) is 0.344. The maximum absolute atomic E-state index is 11.0. The van der Waals surface area contributed by atoms with E-state index in [1.807, 2.05) is 24.4 Å². The number of nitrogens with one attached hydrogen (secondary N) is 2. The summed E-state index contributed by atoms with van der Waals surface area (Å²) in [4.78, 5) is 26.3. The van der Waals surface area contributed by atoms with Gasteiger partial charge in [0.15, 0.2) is 0 Å². The predicted octanol–water partition coefficient (Wildman–Crippen LogP) is 2.73. The Balaban J connectivity index is 0.00000261. The molecule has 0 radical (unpaired) electrons. The smallest absolute Gasteiger partial charge is 0.267 e. The Bertz CT molecular complexity index is 749. The highest BCUT2D eigenvalue weighted by Crippen LogP contribution is 2.16. The maximum Gasteiger partial charge on any atom is 0.267 e. The molecule has 1 saturated heterocycles. The number of nitrogens with zero attached hydrogens (tertiary/aromatic N) is 4. The van der Waals surface area contributed by atoms with Crippen LogP contribution in [0.3, 0.4) is 0 Å². The van der Waals surface area contributed by atoms with Gasteiger partial charge in [-0.05, 0) is 37.6 Å². The minimum Gasteiger partial charge on any atom is -0.365 e. The number of aromatic nitrogens is 3. The highest BCUT2D eigenvalue weighted by atomic mass is 35.5. The van der Waals surface area contributed by atoms with Crippen molar-refractivity contribution in [3.8, 4) is 0 Å². The number of hydroxylamine groups is 1. The van der Waals surface area contributed by atoms with Crippen LogP contribution < -0.4 is 10.8 Å². The Kier molecular flexibility index (Phi) is 13.1. The van der Waals surface area contributed by atoms with E-state index in [1.54, 1.807) is 12.4 Å². The van der Waals surface area contributed by atoms with Gasteiger partial charge in [0.1, 0.15) is 5.82 Å². The van der Waals surface area contributed by atoms with Gasteiger partial charge in [-0.1, -0.05) is 6.07 Å². The summed E-state index contributed by atoms with van der Waals surface area (Å²) in [6, 6.07) is 6.30. The lowest BCUT2D eigenvalue weighted by Gasteiger charge is -2.33. The third-order valence-corrected chi connectivity index (χ3v) is 4.16. The summed E-state index contributed by atoms with van der Waals surface area (Å²) < 4.78 is 0. The van der Waals surface area contributed by atoms with Crippen molar-refractivity contribution in [1.82, 2.24) is 25.3 Å².